The van der Waals surface area contributed by atoms with Crippen molar-refractivity contribution in [2.24, 2.45) is 5.92 Å². The van der Waals surface area contributed by atoms with E-state index in [9.17, 15) is 24.1 Å². The van der Waals surface area contributed by atoms with Crippen molar-refractivity contribution in [1.82, 2.24) is 14.7 Å². The van der Waals surface area contributed by atoms with Crippen molar-refractivity contribution in [1.29, 1.82) is 0 Å². The number of halogens is 1. The molecule has 0 radical (unpaired) electrons. The van der Waals surface area contributed by atoms with Gasteiger partial charge in [-0.2, -0.15) is 5.10 Å². The molecule has 194 valence electrons. The van der Waals surface area contributed by atoms with E-state index in [-0.39, 0.29) is 30.3 Å². The van der Waals surface area contributed by atoms with Crippen molar-refractivity contribution in [3.8, 4) is 16.9 Å². The van der Waals surface area contributed by atoms with E-state index < -0.39 is 22.6 Å². The number of carbonyl (C=O) groups excluding carboxylic acids is 2. The van der Waals surface area contributed by atoms with Crippen LogP contribution in [-0.4, -0.2) is 44.5 Å². The monoisotopic (exact) mass is 515 g/mol. The second-order valence-electron chi connectivity index (χ2n) is 9.10. The van der Waals surface area contributed by atoms with Gasteiger partial charge in [-0.25, -0.2) is 9.07 Å². The third kappa shape index (κ3) is 6.28. The summed E-state index contributed by atoms with van der Waals surface area (Å²) in [5, 5.41) is 18.6. The number of nitro groups is 1. The molecule has 0 spiro atoms. The third-order valence-electron chi connectivity index (χ3n) is 5.63. The lowest BCUT2D eigenvalue weighted by atomic mass is 10.1. The molecule has 0 aliphatic heterocycles. The SMILES string of the molecule is CC(C)CN(CC(=O)Nc1cc(-c2ccccc2)nn1-c1ccc(F)cc1)C(=O)c1cccc([N+](=O)[O-])c1. The van der Waals surface area contributed by atoms with Crippen molar-refractivity contribution in [2.45, 2.75) is 13.8 Å². The first kappa shape index (κ1) is 26.2. The fourth-order valence-electron chi connectivity index (χ4n) is 3.95. The number of non-ortho nitro benzene ring substituents is 1. The predicted octanol–water partition coefficient (Wildman–Crippen LogP) is 5.32. The Morgan fingerprint density at radius 1 is 1.03 bits per heavy atom. The molecule has 1 heterocycles. The van der Waals surface area contributed by atoms with Crippen LogP contribution in [0.25, 0.3) is 16.9 Å². The van der Waals surface area contributed by atoms with Crippen molar-refractivity contribution in [3.05, 3.63) is 106 Å². The summed E-state index contributed by atoms with van der Waals surface area (Å²) in [7, 11) is 0. The average molecular weight is 516 g/mol. The lowest BCUT2D eigenvalue weighted by Gasteiger charge is -2.24. The van der Waals surface area contributed by atoms with Gasteiger partial charge in [-0.05, 0) is 36.2 Å². The fourth-order valence-corrected chi connectivity index (χ4v) is 3.95. The lowest BCUT2D eigenvalue weighted by Crippen LogP contribution is -2.40. The highest BCUT2D eigenvalue weighted by Gasteiger charge is 2.23. The zero-order valence-corrected chi connectivity index (χ0v) is 20.9. The van der Waals surface area contributed by atoms with E-state index in [0.717, 1.165) is 5.56 Å². The summed E-state index contributed by atoms with van der Waals surface area (Å²) < 4.78 is 15.0. The number of carbonyl (C=O) groups is 2. The van der Waals surface area contributed by atoms with Gasteiger partial charge in [0.25, 0.3) is 11.6 Å². The van der Waals surface area contributed by atoms with E-state index in [0.29, 0.717) is 17.2 Å². The number of nitro benzene ring substituents is 1. The number of rotatable bonds is 9. The second kappa shape index (κ2) is 11.5. The number of aromatic nitrogens is 2. The van der Waals surface area contributed by atoms with Crippen LogP contribution >= 0.6 is 0 Å². The molecule has 0 aliphatic rings. The Labute approximate surface area is 218 Å². The van der Waals surface area contributed by atoms with Gasteiger partial charge < -0.3 is 10.2 Å². The highest BCUT2D eigenvalue weighted by molar-refractivity contribution is 5.99. The van der Waals surface area contributed by atoms with Crippen LogP contribution in [0.3, 0.4) is 0 Å². The summed E-state index contributed by atoms with van der Waals surface area (Å²) in [5.74, 6) is -0.992. The molecular formula is C28H26FN5O4. The van der Waals surface area contributed by atoms with E-state index >= 15 is 0 Å². The summed E-state index contributed by atoms with van der Waals surface area (Å²) in [6.45, 7) is 3.79. The van der Waals surface area contributed by atoms with Crippen LogP contribution in [0, 0.1) is 21.8 Å². The quantitative estimate of drug-likeness (QED) is 0.240. The van der Waals surface area contributed by atoms with Crippen LogP contribution in [0.1, 0.15) is 24.2 Å². The third-order valence-corrected chi connectivity index (χ3v) is 5.63. The highest BCUT2D eigenvalue weighted by atomic mass is 19.1. The summed E-state index contributed by atoms with van der Waals surface area (Å²) in [5.41, 5.74) is 1.87. The molecule has 4 rings (SSSR count). The Morgan fingerprint density at radius 3 is 2.39 bits per heavy atom. The van der Waals surface area contributed by atoms with Crippen LogP contribution in [-0.2, 0) is 4.79 Å². The Balaban J connectivity index is 1.61. The van der Waals surface area contributed by atoms with Crippen LogP contribution in [0.5, 0.6) is 0 Å². The average Bonchev–Trinajstić information content (AvgIpc) is 3.32. The van der Waals surface area contributed by atoms with Gasteiger partial charge in [0.2, 0.25) is 5.91 Å². The van der Waals surface area contributed by atoms with E-state index in [4.69, 9.17) is 0 Å². The molecule has 4 aromatic rings. The van der Waals surface area contributed by atoms with Gasteiger partial charge in [0, 0.05) is 35.9 Å². The summed E-state index contributed by atoms with van der Waals surface area (Å²) >= 11 is 0. The van der Waals surface area contributed by atoms with Crippen molar-refractivity contribution < 1.29 is 18.9 Å². The van der Waals surface area contributed by atoms with Gasteiger partial charge in [-0.15, -0.1) is 0 Å². The maximum Gasteiger partial charge on any atom is 0.270 e. The molecule has 0 aliphatic carbocycles. The number of hydrogen-bond donors (Lipinski definition) is 1. The van der Waals surface area contributed by atoms with E-state index in [2.05, 4.69) is 10.4 Å². The van der Waals surface area contributed by atoms with Crippen LogP contribution in [0.4, 0.5) is 15.9 Å². The molecule has 0 saturated carbocycles. The smallest absolute Gasteiger partial charge is 0.270 e. The molecule has 0 unspecified atom stereocenters. The van der Waals surface area contributed by atoms with Gasteiger partial charge in [0.1, 0.15) is 18.2 Å². The topological polar surface area (TPSA) is 110 Å². The minimum absolute atomic E-state index is 0.0416. The van der Waals surface area contributed by atoms with Crippen LogP contribution in [0.15, 0.2) is 84.9 Å². The molecule has 0 saturated heterocycles. The Hall–Kier alpha value is -4.86. The zero-order chi connectivity index (χ0) is 27.2. The molecule has 2 amide bonds. The van der Waals surface area contributed by atoms with Crippen molar-refractivity contribution in [2.75, 3.05) is 18.4 Å². The lowest BCUT2D eigenvalue weighted by molar-refractivity contribution is -0.384. The van der Waals surface area contributed by atoms with Gasteiger partial charge in [-0.1, -0.05) is 50.2 Å². The number of nitrogens with one attached hydrogen (secondary N) is 1. The maximum atomic E-state index is 13.5. The summed E-state index contributed by atoms with van der Waals surface area (Å²) in [6, 6.07) is 22.2. The first-order valence-electron chi connectivity index (χ1n) is 12.0. The van der Waals surface area contributed by atoms with Gasteiger partial charge >= 0.3 is 0 Å². The second-order valence-corrected chi connectivity index (χ2v) is 9.10. The molecule has 1 aromatic heterocycles. The molecule has 9 nitrogen and oxygen atoms in total. The first-order chi connectivity index (χ1) is 18.2. The zero-order valence-electron chi connectivity index (χ0n) is 20.9. The van der Waals surface area contributed by atoms with E-state index in [1.807, 2.05) is 44.2 Å². The molecule has 0 fully saturated rings. The predicted molar refractivity (Wildman–Crippen MR) is 141 cm³/mol. The molecular weight excluding hydrogens is 489 g/mol. The van der Waals surface area contributed by atoms with Gasteiger partial charge in [-0.3, -0.25) is 19.7 Å². The number of nitrogens with zero attached hydrogens (tertiary/aromatic N) is 4. The first-order valence-corrected chi connectivity index (χ1v) is 12.0. The van der Waals surface area contributed by atoms with E-state index in [1.54, 1.807) is 18.2 Å². The molecule has 10 heteroatoms. The van der Waals surface area contributed by atoms with Gasteiger partial charge in [0.15, 0.2) is 0 Å². The summed E-state index contributed by atoms with van der Waals surface area (Å²) in [6.07, 6.45) is 0. The number of hydrogen-bond acceptors (Lipinski definition) is 5. The van der Waals surface area contributed by atoms with Crippen LogP contribution in [0.2, 0.25) is 0 Å². The minimum Gasteiger partial charge on any atom is -0.329 e. The molecule has 38 heavy (non-hydrogen) atoms. The highest BCUT2D eigenvalue weighted by Crippen LogP contribution is 2.25. The molecule has 0 atom stereocenters. The standard InChI is InChI=1S/C28H26FN5O4/c1-19(2)17-32(28(36)21-9-6-10-24(15-21)34(37)38)18-27(35)30-26-16-25(20-7-4-3-5-8-20)31-33(26)23-13-11-22(29)12-14-23/h3-16,19H,17-18H2,1-2H3,(H,30,35). The number of amides is 2. The molecule has 3 aromatic carbocycles. The largest absolute Gasteiger partial charge is 0.329 e. The Morgan fingerprint density at radius 2 is 1.74 bits per heavy atom. The fraction of sp³-hybridized carbons (Fsp3) is 0.179. The molecule has 0 bridgehead atoms. The van der Waals surface area contributed by atoms with Gasteiger partial charge in [0.05, 0.1) is 16.3 Å². The number of benzene rings is 3. The maximum absolute atomic E-state index is 13.5. The number of anilines is 1. The summed E-state index contributed by atoms with van der Waals surface area (Å²) in [4.78, 5) is 38.4. The van der Waals surface area contributed by atoms with Crippen molar-refractivity contribution in [3.63, 3.8) is 0 Å². The van der Waals surface area contributed by atoms with Crippen LogP contribution < -0.4 is 5.32 Å². The normalized spacial score (nSPS) is 10.8. The minimum atomic E-state index is -0.572. The Kier molecular flexibility index (Phi) is 7.91. The molecule has 1 N–H and O–H groups in total. The Bertz CT molecular complexity index is 1450. The van der Waals surface area contributed by atoms with E-state index in [1.165, 1.54) is 46.0 Å². The van der Waals surface area contributed by atoms with Crippen molar-refractivity contribution >= 4 is 23.3 Å².